The van der Waals surface area contributed by atoms with Gasteiger partial charge in [-0.05, 0) is 37.1 Å². The molecular formula is C14H19FN2O3. The number of alkyl carbamates (subject to hydrolysis) is 1. The maximum atomic E-state index is 12.8. The lowest BCUT2D eigenvalue weighted by atomic mass is 10.0. The van der Waals surface area contributed by atoms with E-state index >= 15 is 0 Å². The fraction of sp³-hybridized carbons (Fsp3) is 0.429. The molecule has 2 amide bonds. The molecule has 0 spiro atoms. The number of hydrogen-bond acceptors (Lipinski definition) is 3. The van der Waals surface area contributed by atoms with Crippen molar-refractivity contribution in [2.24, 2.45) is 5.92 Å². The van der Waals surface area contributed by atoms with Crippen LogP contribution in [0.4, 0.5) is 14.9 Å². The van der Waals surface area contributed by atoms with Crippen LogP contribution in [0.5, 0.6) is 0 Å². The highest BCUT2D eigenvalue weighted by Crippen LogP contribution is 2.11. The van der Waals surface area contributed by atoms with E-state index < -0.39 is 12.1 Å². The second kappa shape index (κ2) is 7.47. The number of anilines is 1. The number of nitrogens with one attached hydrogen (secondary N) is 2. The fourth-order valence-electron chi connectivity index (χ4n) is 1.59. The first-order valence-corrected chi connectivity index (χ1v) is 6.43. The standard InChI is InChI=1S/C14H19FN2O3/c1-4-20-14(19)17-12(9(2)3)13(18)16-11-7-5-10(15)6-8-11/h5-9,12H,4H2,1-3H3,(H,16,18)(H,17,19). The van der Waals surface area contributed by atoms with E-state index in [0.717, 1.165) is 0 Å². The van der Waals surface area contributed by atoms with Crippen molar-refractivity contribution in [2.75, 3.05) is 11.9 Å². The molecule has 0 saturated carbocycles. The Morgan fingerprint density at radius 1 is 1.25 bits per heavy atom. The third-order valence-electron chi connectivity index (χ3n) is 2.61. The maximum absolute atomic E-state index is 12.8. The Morgan fingerprint density at radius 3 is 2.35 bits per heavy atom. The molecule has 6 heteroatoms. The molecule has 1 aromatic carbocycles. The Hall–Kier alpha value is -2.11. The molecule has 2 N–H and O–H groups in total. The highest BCUT2D eigenvalue weighted by Gasteiger charge is 2.24. The molecule has 110 valence electrons. The minimum absolute atomic E-state index is 0.111. The number of halogens is 1. The minimum atomic E-state index is -0.723. The van der Waals surface area contributed by atoms with E-state index in [1.807, 2.05) is 0 Å². The van der Waals surface area contributed by atoms with E-state index in [-0.39, 0.29) is 24.2 Å². The summed E-state index contributed by atoms with van der Waals surface area (Å²) in [6.07, 6.45) is -0.638. The first-order chi connectivity index (χ1) is 9.43. The van der Waals surface area contributed by atoms with Crippen LogP contribution >= 0.6 is 0 Å². The van der Waals surface area contributed by atoms with Gasteiger partial charge in [-0.3, -0.25) is 4.79 Å². The molecule has 1 atom stereocenters. The highest BCUT2D eigenvalue weighted by molar-refractivity contribution is 5.96. The molecular weight excluding hydrogens is 263 g/mol. The van der Waals surface area contributed by atoms with Gasteiger partial charge in [0.15, 0.2) is 0 Å². The molecule has 1 aromatic rings. The Bertz CT molecular complexity index is 460. The number of carbonyl (C=O) groups excluding carboxylic acids is 2. The molecule has 0 heterocycles. The second-order valence-electron chi connectivity index (χ2n) is 4.58. The number of rotatable bonds is 5. The van der Waals surface area contributed by atoms with Crippen molar-refractivity contribution >= 4 is 17.7 Å². The average molecular weight is 282 g/mol. The van der Waals surface area contributed by atoms with Gasteiger partial charge in [0.25, 0.3) is 0 Å². The van der Waals surface area contributed by atoms with Crippen LogP contribution in [0.2, 0.25) is 0 Å². The molecule has 0 fully saturated rings. The topological polar surface area (TPSA) is 67.4 Å². The van der Waals surface area contributed by atoms with Crippen LogP contribution in [0, 0.1) is 11.7 Å². The molecule has 0 aliphatic carbocycles. The van der Waals surface area contributed by atoms with Gasteiger partial charge in [-0.2, -0.15) is 0 Å². The molecule has 0 aliphatic heterocycles. The summed E-state index contributed by atoms with van der Waals surface area (Å²) in [5.41, 5.74) is 0.465. The van der Waals surface area contributed by atoms with Crippen LogP contribution in [0.3, 0.4) is 0 Å². The van der Waals surface area contributed by atoms with Gasteiger partial charge >= 0.3 is 6.09 Å². The molecule has 0 bridgehead atoms. The average Bonchev–Trinajstić information content (AvgIpc) is 2.38. The van der Waals surface area contributed by atoms with Crippen LogP contribution in [0.1, 0.15) is 20.8 Å². The minimum Gasteiger partial charge on any atom is -0.450 e. The third-order valence-corrected chi connectivity index (χ3v) is 2.61. The van der Waals surface area contributed by atoms with E-state index in [0.29, 0.717) is 5.69 Å². The lowest BCUT2D eigenvalue weighted by Gasteiger charge is -2.21. The normalized spacial score (nSPS) is 11.8. The van der Waals surface area contributed by atoms with Gasteiger partial charge < -0.3 is 15.4 Å². The monoisotopic (exact) mass is 282 g/mol. The second-order valence-corrected chi connectivity index (χ2v) is 4.58. The van der Waals surface area contributed by atoms with Crippen molar-refractivity contribution in [3.05, 3.63) is 30.1 Å². The van der Waals surface area contributed by atoms with Crippen molar-refractivity contribution in [1.29, 1.82) is 0 Å². The predicted molar refractivity (Wildman–Crippen MR) is 73.8 cm³/mol. The molecule has 1 rings (SSSR count). The lowest BCUT2D eigenvalue weighted by molar-refractivity contribution is -0.119. The zero-order valence-corrected chi connectivity index (χ0v) is 11.8. The van der Waals surface area contributed by atoms with E-state index in [1.165, 1.54) is 24.3 Å². The van der Waals surface area contributed by atoms with Crippen molar-refractivity contribution in [2.45, 2.75) is 26.8 Å². The van der Waals surface area contributed by atoms with Gasteiger partial charge in [0.05, 0.1) is 6.61 Å². The first kappa shape index (κ1) is 15.9. The maximum Gasteiger partial charge on any atom is 0.407 e. The SMILES string of the molecule is CCOC(=O)NC(C(=O)Nc1ccc(F)cc1)C(C)C. The van der Waals surface area contributed by atoms with Crippen molar-refractivity contribution in [1.82, 2.24) is 5.32 Å². The summed E-state index contributed by atoms with van der Waals surface area (Å²) >= 11 is 0. The first-order valence-electron chi connectivity index (χ1n) is 6.43. The Morgan fingerprint density at radius 2 is 1.85 bits per heavy atom. The summed E-state index contributed by atoms with van der Waals surface area (Å²) in [4.78, 5) is 23.5. The van der Waals surface area contributed by atoms with Gasteiger partial charge in [0, 0.05) is 5.69 Å². The van der Waals surface area contributed by atoms with Gasteiger partial charge in [-0.15, -0.1) is 0 Å². The predicted octanol–water partition coefficient (Wildman–Crippen LogP) is 2.53. The molecule has 0 saturated heterocycles. The lowest BCUT2D eigenvalue weighted by Crippen LogP contribution is -2.47. The fourth-order valence-corrected chi connectivity index (χ4v) is 1.59. The van der Waals surface area contributed by atoms with Crippen molar-refractivity contribution in [3.63, 3.8) is 0 Å². The molecule has 20 heavy (non-hydrogen) atoms. The van der Waals surface area contributed by atoms with Gasteiger partial charge in [-0.1, -0.05) is 13.8 Å². The highest BCUT2D eigenvalue weighted by atomic mass is 19.1. The number of hydrogen-bond donors (Lipinski definition) is 2. The largest absolute Gasteiger partial charge is 0.450 e. The number of amides is 2. The van der Waals surface area contributed by atoms with Crippen LogP contribution in [-0.4, -0.2) is 24.6 Å². The molecule has 1 unspecified atom stereocenters. The van der Waals surface area contributed by atoms with E-state index in [4.69, 9.17) is 4.74 Å². The van der Waals surface area contributed by atoms with E-state index in [9.17, 15) is 14.0 Å². The van der Waals surface area contributed by atoms with Crippen LogP contribution < -0.4 is 10.6 Å². The summed E-state index contributed by atoms with van der Waals surface area (Å²) < 4.78 is 17.5. The zero-order chi connectivity index (χ0) is 15.1. The summed E-state index contributed by atoms with van der Waals surface area (Å²) in [6, 6.07) is 4.68. The van der Waals surface area contributed by atoms with E-state index in [1.54, 1.807) is 20.8 Å². The zero-order valence-electron chi connectivity index (χ0n) is 11.8. The molecule has 0 radical (unpaired) electrons. The quantitative estimate of drug-likeness (QED) is 0.872. The Labute approximate surface area is 117 Å². The van der Waals surface area contributed by atoms with Crippen LogP contribution in [0.25, 0.3) is 0 Å². The van der Waals surface area contributed by atoms with E-state index in [2.05, 4.69) is 10.6 Å². The number of carbonyl (C=O) groups is 2. The van der Waals surface area contributed by atoms with Gasteiger partial charge in [0.2, 0.25) is 5.91 Å². The van der Waals surface area contributed by atoms with Crippen molar-refractivity contribution in [3.8, 4) is 0 Å². The van der Waals surface area contributed by atoms with Crippen LogP contribution in [0.15, 0.2) is 24.3 Å². The Balaban J connectivity index is 2.69. The number of ether oxygens (including phenoxy) is 1. The summed E-state index contributed by atoms with van der Waals surface area (Å²) in [5, 5.41) is 5.12. The number of benzene rings is 1. The smallest absolute Gasteiger partial charge is 0.407 e. The van der Waals surface area contributed by atoms with Crippen molar-refractivity contribution < 1.29 is 18.7 Å². The third kappa shape index (κ3) is 4.87. The van der Waals surface area contributed by atoms with Crippen LogP contribution in [-0.2, 0) is 9.53 Å². The molecule has 0 aliphatic rings. The van der Waals surface area contributed by atoms with Gasteiger partial charge in [-0.25, -0.2) is 9.18 Å². The van der Waals surface area contributed by atoms with Gasteiger partial charge in [0.1, 0.15) is 11.9 Å². The summed E-state index contributed by atoms with van der Waals surface area (Å²) in [7, 11) is 0. The molecule has 5 nitrogen and oxygen atoms in total. The summed E-state index contributed by atoms with van der Waals surface area (Å²) in [6.45, 7) is 5.53. The Kier molecular flexibility index (Phi) is 5.96. The summed E-state index contributed by atoms with van der Waals surface area (Å²) in [5.74, 6) is -0.868. The molecule has 0 aromatic heterocycles.